The zero-order chi connectivity index (χ0) is 22.4. The van der Waals surface area contributed by atoms with Crippen LogP contribution >= 0.6 is 0 Å². The first-order chi connectivity index (χ1) is 14.0. The second-order valence-electron chi connectivity index (χ2n) is 8.91. The van der Waals surface area contributed by atoms with Crippen LogP contribution in [0, 0.1) is 0 Å². The van der Waals surface area contributed by atoms with Crippen molar-refractivity contribution in [3.63, 3.8) is 0 Å². The second kappa shape index (κ2) is 10.1. The van der Waals surface area contributed by atoms with Crippen molar-refractivity contribution in [2.45, 2.75) is 78.2 Å². The van der Waals surface area contributed by atoms with E-state index in [0.29, 0.717) is 32.5 Å². The molecule has 30 heavy (non-hydrogen) atoms. The van der Waals surface area contributed by atoms with Gasteiger partial charge in [0.15, 0.2) is 0 Å². The van der Waals surface area contributed by atoms with Crippen LogP contribution < -0.4 is 0 Å². The van der Waals surface area contributed by atoms with Gasteiger partial charge >= 0.3 is 12.1 Å². The molecule has 1 amide bonds. The van der Waals surface area contributed by atoms with Crippen molar-refractivity contribution in [3.8, 4) is 0 Å². The summed E-state index contributed by atoms with van der Waals surface area (Å²) in [6.45, 7) is 12.0. The van der Waals surface area contributed by atoms with Crippen LogP contribution in [0.2, 0.25) is 0 Å². The normalized spacial score (nSPS) is 18.6. The third-order valence-corrected chi connectivity index (χ3v) is 4.79. The lowest BCUT2D eigenvalue weighted by molar-refractivity contribution is -0.143. The Kier molecular flexibility index (Phi) is 8.07. The number of ether oxygens (including phenoxy) is 3. The molecule has 1 heterocycles. The lowest BCUT2D eigenvalue weighted by Crippen LogP contribution is -2.50. The van der Waals surface area contributed by atoms with E-state index in [1.807, 2.05) is 65.0 Å². The Morgan fingerprint density at radius 1 is 1.27 bits per heavy atom. The fraction of sp³-hybridized carbons (Fsp3) is 0.583. The van der Waals surface area contributed by atoms with Gasteiger partial charge in [-0.2, -0.15) is 0 Å². The van der Waals surface area contributed by atoms with Gasteiger partial charge in [-0.1, -0.05) is 36.4 Å². The standard InChI is InChI=1S/C24H35NO5/c1-7-28-21(26)15-11-10-13-18-12-8-9-14-19(18)16-20-17-29-24(5,6)25(20)22(27)30-23(2,3)4/h8-10,12-14,20H,7,11,15-17H2,1-6H3/b13-10-. The molecule has 1 aromatic rings. The number of benzene rings is 1. The van der Waals surface area contributed by atoms with Gasteiger partial charge in [0.25, 0.3) is 0 Å². The lowest BCUT2D eigenvalue weighted by Gasteiger charge is -2.35. The predicted octanol–water partition coefficient (Wildman–Crippen LogP) is 4.96. The van der Waals surface area contributed by atoms with Crippen LogP contribution in [0.3, 0.4) is 0 Å². The Balaban J connectivity index is 2.11. The summed E-state index contributed by atoms with van der Waals surface area (Å²) in [6, 6.07) is 7.95. The Morgan fingerprint density at radius 3 is 2.63 bits per heavy atom. The summed E-state index contributed by atoms with van der Waals surface area (Å²) in [5.41, 5.74) is 0.886. The highest BCUT2D eigenvalue weighted by molar-refractivity contribution is 5.70. The molecule has 6 nitrogen and oxygen atoms in total. The molecule has 1 fully saturated rings. The number of carbonyl (C=O) groups excluding carboxylic acids is 2. The van der Waals surface area contributed by atoms with Crippen molar-refractivity contribution in [1.82, 2.24) is 4.90 Å². The van der Waals surface area contributed by atoms with Gasteiger partial charge in [0.1, 0.15) is 11.3 Å². The summed E-state index contributed by atoms with van der Waals surface area (Å²) >= 11 is 0. The Bertz CT molecular complexity index is 763. The topological polar surface area (TPSA) is 65.1 Å². The van der Waals surface area contributed by atoms with Gasteiger partial charge in [-0.25, -0.2) is 4.79 Å². The average Bonchev–Trinajstić information content (AvgIpc) is 2.93. The smallest absolute Gasteiger partial charge is 0.412 e. The van der Waals surface area contributed by atoms with Crippen molar-refractivity contribution in [2.24, 2.45) is 0 Å². The van der Waals surface area contributed by atoms with E-state index in [-0.39, 0.29) is 18.1 Å². The summed E-state index contributed by atoms with van der Waals surface area (Å²) in [4.78, 5) is 26.1. The van der Waals surface area contributed by atoms with Crippen molar-refractivity contribution in [2.75, 3.05) is 13.2 Å². The maximum absolute atomic E-state index is 12.9. The Morgan fingerprint density at radius 2 is 1.97 bits per heavy atom. The Hall–Kier alpha value is -2.34. The third kappa shape index (κ3) is 6.87. The molecule has 1 unspecified atom stereocenters. The maximum atomic E-state index is 12.9. The molecule has 6 heteroatoms. The fourth-order valence-corrected chi connectivity index (χ4v) is 3.50. The molecule has 0 N–H and O–H groups in total. The summed E-state index contributed by atoms with van der Waals surface area (Å²) in [5.74, 6) is -0.186. The van der Waals surface area contributed by atoms with Crippen LogP contribution in [0.1, 0.15) is 65.5 Å². The van der Waals surface area contributed by atoms with Crippen molar-refractivity contribution < 1.29 is 23.8 Å². The summed E-state index contributed by atoms with van der Waals surface area (Å²) < 4.78 is 16.5. The minimum Gasteiger partial charge on any atom is -0.466 e. The monoisotopic (exact) mass is 417 g/mol. The number of rotatable bonds is 7. The SMILES string of the molecule is CCOC(=O)CC/C=C\c1ccccc1CC1COC(C)(C)N1C(=O)OC(C)(C)C. The van der Waals surface area contributed by atoms with E-state index in [1.54, 1.807) is 11.8 Å². The molecule has 0 radical (unpaired) electrons. The summed E-state index contributed by atoms with van der Waals surface area (Å²) in [6.07, 6.45) is 5.28. The van der Waals surface area contributed by atoms with Crippen LogP contribution in [-0.2, 0) is 25.4 Å². The molecule has 1 atom stereocenters. The highest BCUT2D eigenvalue weighted by Gasteiger charge is 2.45. The van der Waals surface area contributed by atoms with Crippen LogP contribution in [0.4, 0.5) is 4.79 Å². The molecule has 0 saturated carbocycles. The molecule has 1 aliphatic heterocycles. The number of hydrogen-bond donors (Lipinski definition) is 0. The fourth-order valence-electron chi connectivity index (χ4n) is 3.50. The summed E-state index contributed by atoms with van der Waals surface area (Å²) in [5, 5.41) is 0. The lowest BCUT2D eigenvalue weighted by atomic mass is 9.99. The van der Waals surface area contributed by atoms with E-state index in [1.165, 1.54) is 0 Å². The van der Waals surface area contributed by atoms with E-state index >= 15 is 0 Å². The molecule has 1 aromatic carbocycles. The second-order valence-corrected chi connectivity index (χ2v) is 8.91. The Labute approximate surface area is 180 Å². The number of esters is 1. The van der Waals surface area contributed by atoms with Crippen LogP contribution in [0.25, 0.3) is 6.08 Å². The molecule has 0 bridgehead atoms. The highest BCUT2D eigenvalue weighted by Crippen LogP contribution is 2.31. The average molecular weight is 418 g/mol. The first-order valence-electron chi connectivity index (χ1n) is 10.6. The number of hydrogen-bond acceptors (Lipinski definition) is 5. The first-order valence-corrected chi connectivity index (χ1v) is 10.6. The van der Waals surface area contributed by atoms with Crippen LogP contribution in [-0.4, -0.2) is 47.5 Å². The van der Waals surface area contributed by atoms with Crippen molar-refractivity contribution in [1.29, 1.82) is 0 Å². The number of nitrogens with zero attached hydrogens (tertiary/aromatic N) is 1. The largest absolute Gasteiger partial charge is 0.466 e. The van der Waals surface area contributed by atoms with E-state index < -0.39 is 11.3 Å². The molecule has 166 valence electrons. The molecule has 1 aliphatic rings. The van der Waals surface area contributed by atoms with Crippen LogP contribution in [0.15, 0.2) is 30.3 Å². The van der Waals surface area contributed by atoms with E-state index in [0.717, 1.165) is 11.1 Å². The van der Waals surface area contributed by atoms with Gasteiger partial charge in [-0.3, -0.25) is 9.69 Å². The van der Waals surface area contributed by atoms with E-state index in [9.17, 15) is 9.59 Å². The minimum absolute atomic E-state index is 0.121. The molecule has 0 aromatic heterocycles. The third-order valence-electron chi connectivity index (χ3n) is 4.79. The quantitative estimate of drug-likeness (QED) is 0.587. The van der Waals surface area contributed by atoms with Gasteiger partial charge in [-0.05, 0) is 65.5 Å². The van der Waals surface area contributed by atoms with E-state index in [4.69, 9.17) is 14.2 Å². The molecule has 2 rings (SSSR count). The van der Waals surface area contributed by atoms with Gasteiger partial charge in [0.2, 0.25) is 0 Å². The molecule has 0 spiro atoms. The number of carbonyl (C=O) groups is 2. The molecular formula is C24H35NO5. The van der Waals surface area contributed by atoms with Gasteiger partial charge in [0, 0.05) is 6.42 Å². The zero-order valence-electron chi connectivity index (χ0n) is 19.1. The van der Waals surface area contributed by atoms with Crippen molar-refractivity contribution in [3.05, 3.63) is 41.5 Å². The van der Waals surface area contributed by atoms with Gasteiger partial charge < -0.3 is 14.2 Å². The zero-order valence-corrected chi connectivity index (χ0v) is 19.1. The summed E-state index contributed by atoms with van der Waals surface area (Å²) in [7, 11) is 0. The number of allylic oxidation sites excluding steroid dienone is 1. The first kappa shape index (κ1) is 23.9. The van der Waals surface area contributed by atoms with E-state index in [2.05, 4.69) is 6.07 Å². The minimum atomic E-state index is -0.725. The molecule has 1 saturated heterocycles. The van der Waals surface area contributed by atoms with Crippen molar-refractivity contribution >= 4 is 18.1 Å². The number of amides is 1. The predicted molar refractivity (Wildman–Crippen MR) is 117 cm³/mol. The molecular weight excluding hydrogens is 382 g/mol. The van der Waals surface area contributed by atoms with Gasteiger partial charge in [0.05, 0.1) is 19.3 Å². The van der Waals surface area contributed by atoms with Crippen LogP contribution in [0.5, 0.6) is 0 Å². The maximum Gasteiger partial charge on any atom is 0.412 e. The van der Waals surface area contributed by atoms with Gasteiger partial charge in [-0.15, -0.1) is 0 Å². The molecule has 0 aliphatic carbocycles. The highest BCUT2D eigenvalue weighted by atomic mass is 16.6.